The molecule has 0 aromatic heterocycles. The van der Waals surface area contributed by atoms with Gasteiger partial charge in [0.05, 0.1) is 25.4 Å². The van der Waals surface area contributed by atoms with Gasteiger partial charge < -0.3 is 40.3 Å². The summed E-state index contributed by atoms with van der Waals surface area (Å²) in [6.45, 7) is 3.76. The lowest BCUT2D eigenvalue weighted by Gasteiger charge is -2.40. The number of nitrogens with one attached hydrogen (secondary N) is 1. The van der Waals surface area contributed by atoms with Gasteiger partial charge in [0.1, 0.15) is 24.4 Å². The van der Waals surface area contributed by atoms with Gasteiger partial charge in [-0.25, -0.2) is 0 Å². The number of unbranched alkanes of at least 4 members (excludes halogenated alkanes) is 28. The van der Waals surface area contributed by atoms with Crippen LogP contribution >= 0.6 is 0 Å². The minimum atomic E-state index is -1.57. The van der Waals surface area contributed by atoms with Gasteiger partial charge in [-0.15, -0.1) is 0 Å². The summed E-state index contributed by atoms with van der Waals surface area (Å²) in [6, 6.07) is -0.816. The van der Waals surface area contributed by atoms with Gasteiger partial charge in [-0.05, 0) is 32.1 Å². The fourth-order valence-electron chi connectivity index (χ4n) is 7.64. The van der Waals surface area contributed by atoms with Gasteiger partial charge in [0, 0.05) is 6.42 Å². The Morgan fingerprint density at radius 1 is 0.579 bits per heavy atom. The Hall–Kier alpha value is -1.33. The minimum absolute atomic E-state index is 0.184. The smallest absolute Gasteiger partial charge is 0.220 e. The second-order valence-electron chi connectivity index (χ2n) is 16.9. The van der Waals surface area contributed by atoms with Crippen molar-refractivity contribution >= 4 is 5.91 Å². The molecule has 0 saturated carbocycles. The van der Waals surface area contributed by atoms with Gasteiger partial charge in [0.15, 0.2) is 6.29 Å². The largest absolute Gasteiger partial charge is 0.394 e. The summed E-state index contributed by atoms with van der Waals surface area (Å²) in [5.41, 5.74) is 0. The Kier molecular flexibility index (Phi) is 36.6. The van der Waals surface area contributed by atoms with Crippen molar-refractivity contribution in [3.05, 3.63) is 24.3 Å². The minimum Gasteiger partial charge on any atom is -0.394 e. The van der Waals surface area contributed by atoms with Gasteiger partial charge in [-0.3, -0.25) is 4.79 Å². The van der Waals surface area contributed by atoms with Crippen LogP contribution in [-0.2, 0) is 14.3 Å². The molecule has 7 unspecified atom stereocenters. The van der Waals surface area contributed by atoms with E-state index < -0.39 is 49.5 Å². The van der Waals surface area contributed by atoms with E-state index in [0.717, 1.165) is 38.5 Å². The van der Waals surface area contributed by atoms with Crippen molar-refractivity contribution in [2.24, 2.45) is 0 Å². The Morgan fingerprint density at radius 2 is 1.00 bits per heavy atom. The molecule has 0 spiro atoms. The third kappa shape index (κ3) is 29.5. The highest BCUT2D eigenvalue weighted by atomic mass is 16.7. The highest BCUT2D eigenvalue weighted by molar-refractivity contribution is 5.76. The number of rotatable bonds is 40. The van der Waals surface area contributed by atoms with Crippen LogP contribution in [0.5, 0.6) is 0 Å². The second-order valence-corrected chi connectivity index (χ2v) is 16.9. The van der Waals surface area contributed by atoms with Gasteiger partial charge in [0.25, 0.3) is 0 Å². The third-order valence-corrected chi connectivity index (χ3v) is 11.5. The Labute approximate surface area is 349 Å². The van der Waals surface area contributed by atoms with Crippen molar-refractivity contribution in [2.75, 3.05) is 13.2 Å². The van der Waals surface area contributed by atoms with Gasteiger partial charge in [-0.1, -0.05) is 205 Å². The van der Waals surface area contributed by atoms with Gasteiger partial charge >= 0.3 is 0 Å². The molecule has 9 nitrogen and oxygen atoms in total. The quantitative estimate of drug-likeness (QED) is 0.0265. The van der Waals surface area contributed by atoms with Gasteiger partial charge in [0.2, 0.25) is 5.91 Å². The molecule has 1 rings (SSSR count). The van der Waals surface area contributed by atoms with E-state index >= 15 is 0 Å². The van der Waals surface area contributed by atoms with E-state index in [1.807, 2.05) is 6.08 Å². The van der Waals surface area contributed by atoms with Crippen LogP contribution < -0.4 is 5.32 Å². The van der Waals surface area contributed by atoms with Crippen LogP contribution in [0.3, 0.4) is 0 Å². The molecule has 0 bridgehead atoms. The molecule has 1 aliphatic heterocycles. The molecule has 1 aliphatic rings. The first-order chi connectivity index (χ1) is 27.8. The summed E-state index contributed by atoms with van der Waals surface area (Å²) in [7, 11) is 0. The molecule has 6 N–H and O–H groups in total. The molecule has 1 heterocycles. The first kappa shape index (κ1) is 53.7. The number of aliphatic hydroxyl groups is 5. The first-order valence-electron chi connectivity index (χ1n) is 24.1. The summed E-state index contributed by atoms with van der Waals surface area (Å²) >= 11 is 0. The second kappa shape index (κ2) is 38.8. The maximum Gasteiger partial charge on any atom is 0.220 e. The lowest BCUT2D eigenvalue weighted by atomic mass is 9.99. The Bertz CT molecular complexity index is 945. The highest BCUT2D eigenvalue weighted by Crippen LogP contribution is 2.23. The van der Waals surface area contributed by atoms with E-state index in [1.54, 1.807) is 6.08 Å². The fraction of sp³-hybridized carbons (Fsp3) is 0.896. The fourth-order valence-corrected chi connectivity index (χ4v) is 7.64. The van der Waals surface area contributed by atoms with Crippen LogP contribution in [0.2, 0.25) is 0 Å². The summed E-state index contributed by atoms with van der Waals surface area (Å²) in [5.74, 6) is -0.184. The molecule has 9 heteroatoms. The number of allylic oxidation sites excluding steroid dienone is 3. The van der Waals surface area contributed by atoms with Crippen molar-refractivity contribution < 1.29 is 39.8 Å². The van der Waals surface area contributed by atoms with Crippen LogP contribution in [0, 0.1) is 0 Å². The lowest BCUT2D eigenvalue weighted by molar-refractivity contribution is -0.302. The van der Waals surface area contributed by atoms with Crippen LogP contribution in [0.25, 0.3) is 0 Å². The third-order valence-electron chi connectivity index (χ3n) is 11.5. The van der Waals surface area contributed by atoms with Crippen molar-refractivity contribution in [1.82, 2.24) is 5.32 Å². The number of hydrogen-bond donors (Lipinski definition) is 6. The molecule has 57 heavy (non-hydrogen) atoms. The molecule has 0 aromatic rings. The number of aliphatic hydroxyl groups excluding tert-OH is 5. The van der Waals surface area contributed by atoms with E-state index in [1.165, 1.54) is 161 Å². The number of amides is 1. The van der Waals surface area contributed by atoms with Crippen LogP contribution in [0.1, 0.15) is 219 Å². The van der Waals surface area contributed by atoms with E-state index in [0.29, 0.717) is 6.42 Å². The molecule has 336 valence electrons. The molecule has 1 saturated heterocycles. The van der Waals surface area contributed by atoms with Gasteiger partial charge in [-0.2, -0.15) is 0 Å². The summed E-state index contributed by atoms with van der Waals surface area (Å²) in [4.78, 5) is 13.0. The van der Waals surface area contributed by atoms with Crippen LogP contribution in [0.15, 0.2) is 24.3 Å². The average molecular weight is 810 g/mol. The normalized spacial score (nSPS) is 21.1. The standard InChI is InChI=1S/C48H91NO8/c1-3-5-7-9-11-13-15-17-18-19-20-21-22-23-24-26-28-30-32-34-36-38-44(52)49-41(40-56-48-47(55)46(54)45(53)43(39-50)57-48)42(51)37-35-33-31-29-27-25-16-14-12-10-8-6-4-2/h27,29,35,37,41-43,45-48,50-51,53-55H,3-26,28,30-34,36,38-40H2,1-2H3,(H,49,52)/b29-27+,37-35+. The lowest BCUT2D eigenvalue weighted by Crippen LogP contribution is -2.60. The molecule has 0 aliphatic carbocycles. The van der Waals surface area contributed by atoms with E-state index in [4.69, 9.17) is 9.47 Å². The van der Waals surface area contributed by atoms with Crippen molar-refractivity contribution in [1.29, 1.82) is 0 Å². The molecular weight excluding hydrogens is 719 g/mol. The molecule has 0 aromatic carbocycles. The predicted molar refractivity (Wildman–Crippen MR) is 235 cm³/mol. The number of ether oxygens (including phenoxy) is 2. The van der Waals surface area contributed by atoms with Crippen molar-refractivity contribution in [3.8, 4) is 0 Å². The molecule has 0 radical (unpaired) electrons. The zero-order valence-electron chi connectivity index (χ0n) is 36.9. The zero-order chi connectivity index (χ0) is 41.6. The average Bonchev–Trinajstić information content (AvgIpc) is 3.21. The topological polar surface area (TPSA) is 149 Å². The molecular formula is C48H91NO8. The molecule has 1 fully saturated rings. The Balaban J connectivity index is 2.30. The summed E-state index contributed by atoms with van der Waals surface area (Å²) in [5, 5.41) is 54.2. The monoisotopic (exact) mass is 810 g/mol. The van der Waals surface area contributed by atoms with Crippen molar-refractivity contribution in [2.45, 2.75) is 262 Å². The highest BCUT2D eigenvalue weighted by Gasteiger charge is 2.44. The maximum atomic E-state index is 13.0. The van der Waals surface area contributed by atoms with Crippen molar-refractivity contribution in [3.63, 3.8) is 0 Å². The summed E-state index contributed by atoms with van der Waals surface area (Å²) < 4.78 is 11.2. The predicted octanol–water partition coefficient (Wildman–Crippen LogP) is 10.3. The maximum absolute atomic E-state index is 13.0. The van der Waals surface area contributed by atoms with Crippen LogP contribution in [0.4, 0.5) is 0 Å². The Morgan fingerprint density at radius 3 is 1.47 bits per heavy atom. The van der Waals surface area contributed by atoms with Crippen LogP contribution in [-0.4, -0.2) is 87.5 Å². The zero-order valence-corrected chi connectivity index (χ0v) is 36.9. The number of carbonyl (C=O) groups is 1. The SMILES string of the molecule is CCCCCCCCC/C=C/CC/C=C/C(O)C(COC1OC(CO)C(O)C(O)C1O)NC(=O)CCCCCCCCCCCCCCCCCCCCCCC. The first-order valence-corrected chi connectivity index (χ1v) is 24.1. The van der Waals surface area contributed by atoms with E-state index in [-0.39, 0.29) is 12.5 Å². The molecule has 7 atom stereocenters. The number of carbonyl (C=O) groups excluding carboxylic acids is 1. The van der Waals surface area contributed by atoms with E-state index in [2.05, 4.69) is 31.3 Å². The molecule has 1 amide bonds. The number of hydrogen-bond acceptors (Lipinski definition) is 8. The van der Waals surface area contributed by atoms with E-state index in [9.17, 15) is 30.3 Å². The summed E-state index contributed by atoms with van der Waals surface area (Å²) in [6.07, 6.45) is 39.4.